The summed E-state index contributed by atoms with van der Waals surface area (Å²) in [7, 11) is 0. The van der Waals surface area contributed by atoms with E-state index >= 15 is 0 Å². The highest BCUT2D eigenvalue weighted by Gasteiger charge is 2.40. The summed E-state index contributed by atoms with van der Waals surface area (Å²) in [6.07, 6.45) is 11.6. The van der Waals surface area contributed by atoms with Crippen molar-refractivity contribution in [3.05, 3.63) is 65.7 Å². The van der Waals surface area contributed by atoms with Crippen LogP contribution in [-0.4, -0.2) is 36.2 Å². The summed E-state index contributed by atoms with van der Waals surface area (Å²) in [6.45, 7) is 8.28. The minimum atomic E-state index is -0.895. The van der Waals surface area contributed by atoms with Crippen molar-refractivity contribution in [3.63, 3.8) is 0 Å². The molecule has 0 aliphatic carbocycles. The molecule has 3 nitrogen and oxygen atoms in total. The maximum atomic E-state index is 12.5. The lowest BCUT2D eigenvalue weighted by atomic mass is 9.73. The number of benzene rings is 2. The lowest BCUT2D eigenvalue weighted by Crippen LogP contribution is -2.42. The fourth-order valence-corrected chi connectivity index (χ4v) is 5.20. The molecule has 34 heavy (non-hydrogen) atoms. The van der Waals surface area contributed by atoms with E-state index in [1.807, 2.05) is 12.1 Å². The van der Waals surface area contributed by atoms with Gasteiger partial charge >= 0.3 is 0 Å². The van der Waals surface area contributed by atoms with Gasteiger partial charge in [-0.1, -0.05) is 94.8 Å². The summed E-state index contributed by atoms with van der Waals surface area (Å²) in [5.74, 6) is 0.934. The van der Waals surface area contributed by atoms with Crippen LogP contribution in [0.25, 0.3) is 0 Å². The van der Waals surface area contributed by atoms with E-state index < -0.39 is 5.60 Å². The van der Waals surface area contributed by atoms with Crippen LogP contribution >= 0.6 is 12.4 Å². The molecule has 0 aromatic heterocycles. The van der Waals surface area contributed by atoms with E-state index in [4.69, 9.17) is 4.74 Å². The predicted octanol–water partition coefficient (Wildman–Crippen LogP) is 7.72. The zero-order valence-corrected chi connectivity index (χ0v) is 22.2. The molecule has 0 radical (unpaired) electrons. The van der Waals surface area contributed by atoms with E-state index in [0.29, 0.717) is 0 Å². The van der Waals surface area contributed by atoms with Crippen LogP contribution in [0, 0.1) is 0 Å². The first kappa shape index (κ1) is 28.7. The number of hydrogen-bond acceptors (Lipinski definition) is 3. The maximum Gasteiger partial charge on any atom is 0.119 e. The van der Waals surface area contributed by atoms with Crippen LogP contribution in [-0.2, 0) is 5.60 Å². The molecular weight excluding hydrogens is 442 g/mol. The van der Waals surface area contributed by atoms with Crippen molar-refractivity contribution in [2.45, 2.75) is 89.6 Å². The number of rotatable bonds is 14. The molecule has 2 unspecified atom stereocenters. The van der Waals surface area contributed by atoms with E-state index in [1.54, 1.807) is 0 Å². The lowest BCUT2D eigenvalue weighted by Gasteiger charge is -2.41. The van der Waals surface area contributed by atoms with Crippen molar-refractivity contribution < 1.29 is 9.84 Å². The summed E-state index contributed by atoms with van der Waals surface area (Å²) < 4.78 is 5.83. The van der Waals surface area contributed by atoms with Gasteiger partial charge in [0, 0.05) is 12.5 Å². The smallest absolute Gasteiger partial charge is 0.119 e. The van der Waals surface area contributed by atoms with Crippen LogP contribution in [0.5, 0.6) is 5.75 Å². The van der Waals surface area contributed by atoms with Crippen molar-refractivity contribution in [1.29, 1.82) is 0 Å². The second kappa shape index (κ2) is 15.4. The average molecular weight is 488 g/mol. The molecule has 1 fully saturated rings. The molecular formula is C30H46ClNO2. The minimum absolute atomic E-state index is 0. The van der Waals surface area contributed by atoms with Gasteiger partial charge in [-0.2, -0.15) is 0 Å². The molecule has 0 saturated carbocycles. The number of ether oxygens (including phenoxy) is 1. The fourth-order valence-electron chi connectivity index (χ4n) is 5.20. The Bertz CT molecular complexity index is 776. The summed E-state index contributed by atoms with van der Waals surface area (Å²) >= 11 is 0. The molecule has 1 aliphatic heterocycles. The SMILES string of the molecule is CCCCCCCC(O)(c1ccc(OCCC)cc1)C(CN1CCCCC1)c1ccccc1.Cl. The topological polar surface area (TPSA) is 32.7 Å². The number of hydrogen-bond donors (Lipinski definition) is 1. The zero-order chi connectivity index (χ0) is 23.4. The maximum absolute atomic E-state index is 12.5. The predicted molar refractivity (Wildman–Crippen MR) is 146 cm³/mol. The highest BCUT2D eigenvalue weighted by Crippen LogP contribution is 2.42. The first-order chi connectivity index (χ1) is 16.2. The number of aliphatic hydroxyl groups is 1. The van der Waals surface area contributed by atoms with Crippen LogP contribution in [0.1, 0.15) is 95.1 Å². The summed E-state index contributed by atoms with van der Waals surface area (Å²) in [4.78, 5) is 2.57. The Labute approximate surface area is 214 Å². The standard InChI is InChI=1S/C30H45NO2.ClH/c1-3-5-6-7-12-21-30(32,27-17-19-28(20-18-27)33-24-4-2)29(26-15-10-8-11-16-26)25-31-22-13-9-14-23-31;/h8,10-11,15-20,29,32H,3-7,9,12-14,21-25H2,1-2H3;1H. The molecule has 0 bridgehead atoms. The molecule has 1 saturated heterocycles. The molecule has 1 heterocycles. The van der Waals surface area contributed by atoms with Crippen LogP contribution in [0.2, 0.25) is 0 Å². The third kappa shape index (κ3) is 8.29. The van der Waals surface area contributed by atoms with E-state index in [9.17, 15) is 5.11 Å². The Kier molecular flexibility index (Phi) is 13.0. The van der Waals surface area contributed by atoms with Crippen LogP contribution in [0.3, 0.4) is 0 Å². The van der Waals surface area contributed by atoms with Gasteiger partial charge in [-0.05, 0) is 62.0 Å². The van der Waals surface area contributed by atoms with Gasteiger partial charge in [0.25, 0.3) is 0 Å². The van der Waals surface area contributed by atoms with Gasteiger partial charge < -0.3 is 14.7 Å². The molecule has 0 spiro atoms. The average Bonchev–Trinajstić information content (AvgIpc) is 2.87. The van der Waals surface area contributed by atoms with Crippen molar-refractivity contribution >= 4 is 12.4 Å². The first-order valence-corrected chi connectivity index (χ1v) is 13.4. The quantitative estimate of drug-likeness (QED) is 0.277. The third-order valence-electron chi connectivity index (χ3n) is 7.16. The van der Waals surface area contributed by atoms with Gasteiger partial charge in [-0.3, -0.25) is 0 Å². The van der Waals surface area contributed by atoms with Crippen molar-refractivity contribution in [2.24, 2.45) is 0 Å². The van der Waals surface area contributed by atoms with Gasteiger partial charge in [0.05, 0.1) is 12.2 Å². The van der Waals surface area contributed by atoms with Gasteiger partial charge in [0.15, 0.2) is 0 Å². The van der Waals surface area contributed by atoms with Crippen LogP contribution < -0.4 is 4.74 Å². The Balaban J connectivity index is 0.00000408. The fraction of sp³-hybridized carbons (Fsp3) is 0.600. The van der Waals surface area contributed by atoms with Crippen molar-refractivity contribution in [1.82, 2.24) is 4.90 Å². The number of piperidine rings is 1. The zero-order valence-electron chi connectivity index (χ0n) is 21.4. The number of likely N-dealkylation sites (tertiary alicyclic amines) is 1. The second-order valence-electron chi connectivity index (χ2n) is 9.79. The Morgan fingerprint density at radius 3 is 2.18 bits per heavy atom. The lowest BCUT2D eigenvalue weighted by molar-refractivity contribution is -0.0168. The van der Waals surface area contributed by atoms with E-state index in [1.165, 1.54) is 50.5 Å². The first-order valence-electron chi connectivity index (χ1n) is 13.4. The summed E-state index contributed by atoms with van der Waals surface area (Å²) in [5.41, 5.74) is 1.37. The normalized spacial score (nSPS) is 16.9. The van der Waals surface area contributed by atoms with E-state index in [0.717, 1.165) is 56.8 Å². The van der Waals surface area contributed by atoms with E-state index in [-0.39, 0.29) is 18.3 Å². The largest absolute Gasteiger partial charge is 0.494 e. The molecule has 1 N–H and O–H groups in total. The molecule has 4 heteroatoms. The van der Waals surface area contributed by atoms with Gasteiger partial charge in [0.2, 0.25) is 0 Å². The highest BCUT2D eigenvalue weighted by molar-refractivity contribution is 5.85. The summed E-state index contributed by atoms with van der Waals surface area (Å²) in [6, 6.07) is 19.0. The van der Waals surface area contributed by atoms with Gasteiger partial charge in [-0.25, -0.2) is 0 Å². The number of halogens is 1. The molecule has 2 aromatic rings. The molecule has 2 atom stereocenters. The Hall–Kier alpha value is -1.55. The molecule has 3 rings (SSSR count). The Morgan fingerprint density at radius 2 is 1.53 bits per heavy atom. The molecule has 2 aromatic carbocycles. The van der Waals surface area contributed by atoms with Gasteiger partial charge in [-0.15, -0.1) is 12.4 Å². The minimum Gasteiger partial charge on any atom is -0.494 e. The van der Waals surface area contributed by atoms with Gasteiger partial charge in [0.1, 0.15) is 5.75 Å². The van der Waals surface area contributed by atoms with Crippen molar-refractivity contribution in [3.8, 4) is 5.75 Å². The molecule has 190 valence electrons. The highest BCUT2D eigenvalue weighted by atomic mass is 35.5. The Morgan fingerprint density at radius 1 is 0.853 bits per heavy atom. The van der Waals surface area contributed by atoms with Crippen molar-refractivity contribution in [2.75, 3.05) is 26.2 Å². The number of nitrogens with zero attached hydrogens (tertiary/aromatic N) is 1. The van der Waals surface area contributed by atoms with Crippen LogP contribution in [0.15, 0.2) is 54.6 Å². The third-order valence-corrected chi connectivity index (χ3v) is 7.16. The monoisotopic (exact) mass is 487 g/mol. The molecule has 1 aliphatic rings. The van der Waals surface area contributed by atoms with Crippen LogP contribution in [0.4, 0.5) is 0 Å². The number of unbranched alkanes of at least 4 members (excludes halogenated alkanes) is 4. The summed E-state index contributed by atoms with van der Waals surface area (Å²) in [5, 5.41) is 12.5. The second-order valence-corrected chi connectivity index (χ2v) is 9.79. The molecule has 0 amide bonds. The van der Waals surface area contributed by atoms with E-state index in [2.05, 4.69) is 61.2 Å².